The Labute approximate surface area is 188 Å². The van der Waals surface area contributed by atoms with E-state index in [0.717, 1.165) is 4.90 Å². The first kappa shape index (κ1) is 22.2. The molecular formula is C21H19NO5S3. The molecule has 30 heavy (non-hydrogen) atoms. The Hall–Kier alpha value is -2.49. The summed E-state index contributed by atoms with van der Waals surface area (Å²) in [5, 5.41) is 8.99. The normalized spacial score (nSPS) is 15.0. The van der Waals surface area contributed by atoms with Crippen molar-refractivity contribution >= 4 is 63.7 Å². The zero-order valence-corrected chi connectivity index (χ0v) is 18.7. The molecule has 1 fully saturated rings. The Bertz CT molecular complexity index is 1020. The molecule has 1 amide bonds. The molecule has 0 unspecified atom stereocenters. The number of carboxylic acids is 1. The number of thioether (sulfide) groups is 2. The van der Waals surface area contributed by atoms with Crippen molar-refractivity contribution in [1.29, 1.82) is 0 Å². The van der Waals surface area contributed by atoms with E-state index in [1.54, 1.807) is 36.0 Å². The highest BCUT2D eigenvalue weighted by atomic mass is 32.2. The van der Waals surface area contributed by atoms with E-state index in [2.05, 4.69) is 0 Å². The summed E-state index contributed by atoms with van der Waals surface area (Å²) in [6.07, 6.45) is 3.62. The van der Waals surface area contributed by atoms with Crippen LogP contribution in [-0.4, -0.2) is 40.8 Å². The molecule has 1 heterocycles. The summed E-state index contributed by atoms with van der Waals surface area (Å²) in [7, 11) is 0. The Kier molecular flexibility index (Phi) is 7.41. The van der Waals surface area contributed by atoms with Crippen LogP contribution in [0.15, 0.2) is 52.3 Å². The molecule has 3 rings (SSSR count). The molecule has 0 atom stereocenters. The number of amides is 1. The van der Waals surface area contributed by atoms with Crippen molar-refractivity contribution in [3.63, 3.8) is 0 Å². The van der Waals surface area contributed by atoms with Gasteiger partial charge in [-0.2, -0.15) is 0 Å². The molecule has 2 aromatic rings. The Balaban J connectivity index is 1.96. The number of hydrogen-bond acceptors (Lipinski definition) is 7. The molecule has 9 heteroatoms. The van der Waals surface area contributed by atoms with Crippen molar-refractivity contribution in [1.82, 2.24) is 0 Å². The van der Waals surface area contributed by atoms with Gasteiger partial charge in [-0.1, -0.05) is 42.2 Å². The number of benzene rings is 2. The predicted octanol–water partition coefficient (Wildman–Crippen LogP) is 4.68. The predicted molar refractivity (Wildman–Crippen MR) is 125 cm³/mol. The summed E-state index contributed by atoms with van der Waals surface area (Å²) < 4.78 is 11.4. The van der Waals surface area contributed by atoms with Crippen LogP contribution in [0.2, 0.25) is 0 Å². The van der Waals surface area contributed by atoms with Gasteiger partial charge in [-0.15, -0.1) is 11.8 Å². The first-order valence-corrected chi connectivity index (χ1v) is 11.4. The second-order valence-corrected chi connectivity index (χ2v) is 8.56. The topological polar surface area (TPSA) is 76.1 Å². The van der Waals surface area contributed by atoms with Crippen LogP contribution in [-0.2, 0) is 9.59 Å². The third kappa shape index (κ3) is 4.97. The van der Waals surface area contributed by atoms with Crippen LogP contribution in [0, 0.1) is 0 Å². The van der Waals surface area contributed by atoms with Gasteiger partial charge < -0.3 is 14.6 Å². The first-order chi connectivity index (χ1) is 14.4. The van der Waals surface area contributed by atoms with Gasteiger partial charge in [-0.25, -0.2) is 4.79 Å². The van der Waals surface area contributed by atoms with Crippen molar-refractivity contribution in [3.8, 4) is 11.5 Å². The zero-order valence-electron chi connectivity index (χ0n) is 16.3. The third-order valence-corrected chi connectivity index (χ3v) is 6.07. The van der Waals surface area contributed by atoms with Crippen LogP contribution in [0.5, 0.6) is 11.5 Å². The fourth-order valence-electron chi connectivity index (χ4n) is 2.79. The Morgan fingerprint density at radius 2 is 2.03 bits per heavy atom. The molecule has 0 aliphatic carbocycles. The number of aliphatic carboxylic acids is 1. The second-order valence-electron chi connectivity index (χ2n) is 6.01. The summed E-state index contributed by atoms with van der Waals surface area (Å²) in [6.45, 7) is 1.69. The summed E-state index contributed by atoms with van der Waals surface area (Å²) in [6, 6.07) is 12.8. The minimum atomic E-state index is -1.10. The lowest BCUT2D eigenvalue weighted by Crippen LogP contribution is -2.27. The van der Waals surface area contributed by atoms with Gasteiger partial charge in [0.1, 0.15) is 0 Å². The number of ether oxygens (including phenoxy) is 2. The van der Waals surface area contributed by atoms with Crippen molar-refractivity contribution in [3.05, 3.63) is 52.9 Å². The van der Waals surface area contributed by atoms with Crippen molar-refractivity contribution < 1.29 is 24.2 Å². The van der Waals surface area contributed by atoms with Crippen LogP contribution in [0.3, 0.4) is 0 Å². The molecule has 156 valence electrons. The number of carboxylic acid groups (broad SMARTS) is 1. The molecule has 2 aromatic carbocycles. The molecule has 0 saturated carbocycles. The van der Waals surface area contributed by atoms with E-state index in [1.807, 2.05) is 37.4 Å². The highest BCUT2D eigenvalue weighted by Gasteiger charge is 2.33. The van der Waals surface area contributed by atoms with E-state index in [-0.39, 0.29) is 11.7 Å². The van der Waals surface area contributed by atoms with E-state index in [1.165, 1.54) is 16.7 Å². The highest BCUT2D eigenvalue weighted by Crippen LogP contribution is 2.39. The van der Waals surface area contributed by atoms with Crippen LogP contribution < -0.4 is 14.4 Å². The van der Waals surface area contributed by atoms with Gasteiger partial charge >= 0.3 is 5.97 Å². The van der Waals surface area contributed by atoms with Crippen molar-refractivity contribution in [2.45, 2.75) is 11.8 Å². The SMILES string of the molecule is CCOc1cccc(/C=C2\SC(=S)N(c3cccc(SC)c3)C2=O)c1OCC(=O)O. The molecule has 0 spiro atoms. The van der Waals surface area contributed by atoms with E-state index in [0.29, 0.717) is 32.8 Å². The average Bonchev–Trinajstić information content (AvgIpc) is 3.00. The largest absolute Gasteiger partial charge is 0.490 e. The Morgan fingerprint density at radius 1 is 1.27 bits per heavy atom. The van der Waals surface area contributed by atoms with E-state index < -0.39 is 12.6 Å². The van der Waals surface area contributed by atoms with Gasteiger partial charge in [0.05, 0.1) is 17.2 Å². The number of anilines is 1. The summed E-state index contributed by atoms with van der Waals surface area (Å²) in [5.74, 6) is -0.659. The fourth-order valence-corrected chi connectivity index (χ4v) is 4.53. The van der Waals surface area contributed by atoms with Gasteiger partial charge in [0, 0.05) is 10.5 Å². The molecule has 6 nitrogen and oxygen atoms in total. The van der Waals surface area contributed by atoms with Gasteiger partial charge in [0.25, 0.3) is 5.91 Å². The minimum Gasteiger partial charge on any atom is -0.490 e. The quantitative estimate of drug-likeness (QED) is 0.345. The standard InChI is InChI=1S/C21H19NO5S3/c1-3-26-16-9-4-6-13(19(16)27-12-18(23)24)10-17-20(25)22(21(28)30-17)14-7-5-8-15(11-14)29-2/h4-11H,3,12H2,1-2H3,(H,23,24)/b17-10-. The molecular weight excluding hydrogens is 442 g/mol. The number of rotatable bonds is 8. The third-order valence-electron chi connectivity index (χ3n) is 4.04. The van der Waals surface area contributed by atoms with E-state index >= 15 is 0 Å². The van der Waals surface area contributed by atoms with Crippen LogP contribution in [0.1, 0.15) is 12.5 Å². The number of carbonyl (C=O) groups excluding carboxylic acids is 1. The fraction of sp³-hybridized carbons (Fsp3) is 0.190. The van der Waals surface area contributed by atoms with Crippen LogP contribution >= 0.6 is 35.7 Å². The van der Waals surface area contributed by atoms with Crippen molar-refractivity contribution in [2.24, 2.45) is 0 Å². The van der Waals surface area contributed by atoms with Crippen LogP contribution in [0.25, 0.3) is 6.08 Å². The molecule has 1 N–H and O–H groups in total. The maximum Gasteiger partial charge on any atom is 0.341 e. The molecule has 0 bridgehead atoms. The summed E-state index contributed by atoms with van der Waals surface area (Å²) >= 11 is 8.21. The zero-order chi connectivity index (χ0) is 21.7. The lowest BCUT2D eigenvalue weighted by atomic mass is 10.1. The smallest absolute Gasteiger partial charge is 0.341 e. The van der Waals surface area contributed by atoms with Gasteiger partial charge in [-0.3, -0.25) is 9.69 Å². The van der Waals surface area contributed by atoms with Gasteiger partial charge in [0.2, 0.25) is 0 Å². The number of para-hydroxylation sites is 1. The van der Waals surface area contributed by atoms with Crippen molar-refractivity contribution in [2.75, 3.05) is 24.4 Å². The van der Waals surface area contributed by atoms with E-state index in [9.17, 15) is 9.59 Å². The van der Waals surface area contributed by atoms with Gasteiger partial charge in [-0.05, 0) is 43.5 Å². The monoisotopic (exact) mass is 461 g/mol. The number of nitrogens with zero attached hydrogens (tertiary/aromatic N) is 1. The summed E-state index contributed by atoms with van der Waals surface area (Å²) in [5.41, 5.74) is 1.25. The molecule has 1 saturated heterocycles. The molecule has 0 radical (unpaired) electrons. The molecule has 1 aliphatic rings. The number of thiocarbonyl (C=S) groups is 1. The first-order valence-electron chi connectivity index (χ1n) is 8.97. The highest BCUT2D eigenvalue weighted by molar-refractivity contribution is 8.27. The lowest BCUT2D eigenvalue weighted by Gasteiger charge is -2.15. The van der Waals surface area contributed by atoms with E-state index in [4.69, 9.17) is 26.8 Å². The minimum absolute atomic E-state index is 0.241. The number of carbonyl (C=O) groups is 2. The average molecular weight is 462 g/mol. The number of hydrogen-bond donors (Lipinski definition) is 1. The molecule has 1 aliphatic heterocycles. The maximum atomic E-state index is 13.1. The molecule has 0 aromatic heterocycles. The second kappa shape index (κ2) is 10.0. The summed E-state index contributed by atoms with van der Waals surface area (Å²) in [4.78, 5) is 27.0. The lowest BCUT2D eigenvalue weighted by molar-refractivity contribution is -0.139. The Morgan fingerprint density at radius 3 is 2.73 bits per heavy atom. The van der Waals surface area contributed by atoms with Gasteiger partial charge in [0.15, 0.2) is 22.4 Å². The maximum absolute atomic E-state index is 13.1. The van der Waals surface area contributed by atoms with Crippen LogP contribution in [0.4, 0.5) is 5.69 Å².